The molecule has 0 aliphatic heterocycles. The topological polar surface area (TPSA) is 64.5 Å². The molecule has 0 aliphatic rings. The zero-order chi connectivity index (χ0) is 23.9. The summed E-state index contributed by atoms with van der Waals surface area (Å²) in [5.74, 6) is 0.482. The van der Waals surface area contributed by atoms with Gasteiger partial charge in [0, 0.05) is 24.2 Å². The summed E-state index contributed by atoms with van der Waals surface area (Å²) in [6.45, 7) is 0.968. The number of halogens is 2. The Morgan fingerprint density at radius 1 is 0.529 bits per heavy atom. The molecule has 2 atom stereocenters. The highest BCUT2D eigenvalue weighted by atomic mass is 79.9. The van der Waals surface area contributed by atoms with Gasteiger partial charge < -0.3 is 20.8 Å². The van der Waals surface area contributed by atoms with Gasteiger partial charge in [0.25, 0.3) is 0 Å². The van der Waals surface area contributed by atoms with E-state index in [1.165, 1.54) is 0 Å². The number of nitrogens with one attached hydrogen (secondary N) is 2. The van der Waals surface area contributed by atoms with Crippen molar-refractivity contribution in [2.45, 2.75) is 25.2 Å². The van der Waals surface area contributed by atoms with Gasteiger partial charge in [-0.3, -0.25) is 0 Å². The average molecular weight is 582 g/mol. The maximum Gasteiger partial charge on any atom is 0.134 e. The smallest absolute Gasteiger partial charge is 0.134 e. The van der Waals surface area contributed by atoms with Gasteiger partial charge in [-0.25, -0.2) is 0 Å². The predicted molar refractivity (Wildman–Crippen MR) is 144 cm³/mol. The highest BCUT2D eigenvalue weighted by Crippen LogP contribution is 2.33. The monoisotopic (exact) mass is 580 g/mol. The lowest BCUT2D eigenvalue weighted by molar-refractivity contribution is 0.373. The quantitative estimate of drug-likeness (QED) is 0.172. The molecule has 0 spiro atoms. The Labute approximate surface area is 216 Å². The van der Waals surface area contributed by atoms with Crippen LogP contribution in [0.1, 0.15) is 34.3 Å². The van der Waals surface area contributed by atoms with Crippen molar-refractivity contribution < 1.29 is 10.2 Å². The second kappa shape index (κ2) is 11.7. The number of benzene rings is 4. The molecule has 0 heterocycles. The first-order valence-corrected chi connectivity index (χ1v) is 12.6. The van der Waals surface area contributed by atoms with Gasteiger partial charge in [0.15, 0.2) is 0 Å². The fourth-order valence-corrected chi connectivity index (χ4v) is 4.84. The summed E-state index contributed by atoms with van der Waals surface area (Å²) in [5.41, 5.74) is 3.87. The van der Waals surface area contributed by atoms with E-state index in [2.05, 4.69) is 66.8 Å². The third kappa shape index (κ3) is 5.88. The number of para-hydroxylation sites is 2. The zero-order valence-corrected chi connectivity index (χ0v) is 21.6. The van der Waals surface area contributed by atoms with Crippen molar-refractivity contribution >= 4 is 31.9 Å². The Bertz CT molecular complexity index is 1120. The van der Waals surface area contributed by atoms with Crippen molar-refractivity contribution in [3.63, 3.8) is 0 Å². The van der Waals surface area contributed by atoms with E-state index in [1.54, 1.807) is 0 Å². The fourth-order valence-electron chi connectivity index (χ4n) is 4.02. The highest BCUT2D eigenvalue weighted by Gasteiger charge is 2.25. The Hall–Kier alpha value is -2.64. The molecule has 0 saturated heterocycles. The van der Waals surface area contributed by atoms with Crippen LogP contribution in [-0.4, -0.2) is 10.2 Å². The molecule has 0 amide bonds. The van der Waals surface area contributed by atoms with E-state index >= 15 is 0 Å². The van der Waals surface area contributed by atoms with Crippen LogP contribution in [0.5, 0.6) is 11.5 Å². The van der Waals surface area contributed by atoms with E-state index in [0.717, 1.165) is 22.3 Å². The van der Waals surface area contributed by atoms with E-state index in [9.17, 15) is 10.2 Å². The molecule has 4 N–H and O–H groups in total. The molecule has 4 nitrogen and oxygen atoms in total. The molecule has 6 heteroatoms. The highest BCUT2D eigenvalue weighted by molar-refractivity contribution is 9.10. The first kappa shape index (κ1) is 24.5. The minimum absolute atomic E-state index is 0.101. The summed E-state index contributed by atoms with van der Waals surface area (Å²) in [4.78, 5) is 0. The van der Waals surface area contributed by atoms with Crippen LogP contribution < -0.4 is 10.6 Å². The molecule has 0 aromatic heterocycles. The minimum atomic E-state index is -0.101. The van der Waals surface area contributed by atoms with Gasteiger partial charge in [0.2, 0.25) is 0 Å². The van der Waals surface area contributed by atoms with Gasteiger partial charge in [-0.05, 0) is 55.1 Å². The third-order valence-corrected chi connectivity index (χ3v) is 7.10. The maximum atomic E-state index is 10.5. The number of hydrogen-bond acceptors (Lipinski definition) is 4. The normalized spacial score (nSPS) is 12.9. The van der Waals surface area contributed by atoms with Crippen molar-refractivity contribution in [2.24, 2.45) is 0 Å². The Morgan fingerprint density at radius 3 is 1.29 bits per heavy atom. The number of aromatic hydroxyl groups is 2. The summed E-state index contributed by atoms with van der Waals surface area (Å²) in [6.07, 6.45) is 0. The number of phenols is 2. The van der Waals surface area contributed by atoms with Crippen molar-refractivity contribution in [3.05, 3.63) is 128 Å². The van der Waals surface area contributed by atoms with Crippen LogP contribution in [0.3, 0.4) is 0 Å². The molecule has 0 radical (unpaired) electrons. The van der Waals surface area contributed by atoms with Crippen LogP contribution in [0.25, 0.3) is 0 Å². The summed E-state index contributed by atoms with van der Waals surface area (Å²) in [5, 5.41) is 28.4. The molecule has 174 valence electrons. The van der Waals surface area contributed by atoms with Gasteiger partial charge in [-0.2, -0.15) is 0 Å². The molecular weight excluding hydrogens is 556 g/mol. The van der Waals surface area contributed by atoms with E-state index < -0.39 is 0 Å². The fraction of sp³-hybridized carbons (Fsp3) is 0.143. The lowest BCUT2D eigenvalue weighted by Crippen LogP contribution is -2.35. The van der Waals surface area contributed by atoms with Crippen molar-refractivity contribution in [2.75, 3.05) is 0 Å². The Balaban J connectivity index is 1.67. The molecule has 0 fully saturated rings. The lowest BCUT2D eigenvalue weighted by atomic mass is 9.92. The standard InChI is InChI=1S/C28H26Br2N2O2/c29-23-15-7-13-21(27(23)33)17-31-25(19-9-3-1-4-10-19)26(20-11-5-2-6-12-20)32-18-22-14-8-16-24(30)28(22)34/h1-16,25-26,31-34H,17-18H2/t25-,26-/m1/s1. The molecule has 0 bridgehead atoms. The first-order chi connectivity index (χ1) is 16.5. The summed E-state index contributed by atoms with van der Waals surface area (Å²) in [6, 6.07) is 31.7. The van der Waals surface area contributed by atoms with Crippen LogP contribution in [0.15, 0.2) is 106 Å². The summed E-state index contributed by atoms with van der Waals surface area (Å²) >= 11 is 6.82. The second-order valence-electron chi connectivity index (χ2n) is 8.03. The van der Waals surface area contributed by atoms with Crippen molar-refractivity contribution in [1.82, 2.24) is 10.6 Å². The average Bonchev–Trinajstić information content (AvgIpc) is 2.87. The van der Waals surface area contributed by atoms with Crippen LogP contribution in [0.4, 0.5) is 0 Å². The van der Waals surface area contributed by atoms with Gasteiger partial charge in [-0.1, -0.05) is 84.9 Å². The zero-order valence-electron chi connectivity index (χ0n) is 18.5. The second-order valence-corrected chi connectivity index (χ2v) is 9.74. The van der Waals surface area contributed by atoms with Crippen molar-refractivity contribution in [1.29, 1.82) is 0 Å². The Kier molecular flexibility index (Phi) is 8.40. The number of phenolic OH excluding ortho intramolecular Hbond substituents is 2. The van der Waals surface area contributed by atoms with E-state index in [0.29, 0.717) is 22.0 Å². The summed E-state index contributed by atoms with van der Waals surface area (Å²) < 4.78 is 1.34. The molecule has 34 heavy (non-hydrogen) atoms. The van der Waals surface area contributed by atoms with Crippen LogP contribution in [-0.2, 0) is 13.1 Å². The predicted octanol–water partition coefficient (Wildman–Crippen LogP) is 6.98. The van der Waals surface area contributed by atoms with Crippen molar-refractivity contribution in [3.8, 4) is 11.5 Å². The van der Waals surface area contributed by atoms with E-state index in [1.807, 2.05) is 72.8 Å². The molecule has 0 saturated carbocycles. The van der Waals surface area contributed by atoms with Crippen LogP contribution in [0.2, 0.25) is 0 Å². The molecule has 4 aromatic carbocycles. The van der Waals surface area contributed by atoms with Crippen LogP contribution >= 0.6 is 31.9 Å². The largest absolute Gasteiger partial charge is 0.506 e. The maximum absolute atomic E-state index is 10.5. The Morgan fingerprint density at radius 2 is 0.912 bits per heavy atom. The lowest BCUT2D eigenvalue weighted by Gasteiger charge is -2.31. The third-order valence-electron chi connectivity index (χ3n) is 5.82. The molecule has 0 unspecified atom stereocenters. The van der Waals surface area contributed by atoms with Gasteiger partial charge in [0.05, 0.1) is 21.0 Å². The SMILES string of the molecule is Oc1c(Br)cccc1CN[C@H](c1ccccc1)[C@H](NCc1cccc(Br)c1O)c1ccccc1. The number of rotatable bonds is 9. The van der Waals surface area contributed by atoms with E-state index in [-0.39, 0.29) is 23.6 Å². The van der Waals surface area contributed by atoms with Crippen LogP contribution in [0, 0.1) is 0 Å². The van der Waals surface area contributed by atoms with Gasteiger partial charge >= 0.3 is 0 Å². The first-order valence-electron chi connectivity index (χ1n) is 11.0. The molecule has 4 aromatic rings. The molecular formula is C28H26Br2N2O2. The van der Waals surface area contributed by atoms with Gasteiger partial charge in [-0.15, -0.1) is 0 Å². The van der Waals surface area contributed by atoms with Gasteiger partial charge in [0.1, 0.15) is 11.5 Å². The molecule has 0 aliphatic carbocycles. The molecule has 4 rings (SSSR count). The minimum Gasteiger partial charge on any atom is -0.506 e. The van der Waals surface area contributed by atoms with E-state index in [4.69, 9.17) is 0 Å². The number of hydrogen-bond donors (Lipinski definition) is 4. The summed E-state index contributed by atoms with van der Waals surface area (Å²) in [7, 11) is 0.